The van der Waals surface area contributed by atoms with Crippen LogP contribution in [0.2, 0.25) is 0 Å². The van der Waals surface area contributed by atoms with Crippen LogP contribution in [-0.2, 0) is 20.9 Å². The third-order valence-electron chi connectivity index (χ3n) is 5.98. The van der Waals surface area contributed by atoms with Crippen molar-refractivity contribution in [1.82, 2.24) is 5.32 Å². The van der Waals surface area contributed by atoms with Crippen molar-refractivity contribution in [1.29, 1.82) is 0 Å². The summed E-state index contributed by atoms with van der Waals surface area (Å²) in [4.78, 5) is 26.2. The van der Waals surface area contributed by atoms with Crippen molar-refractivity contribution in [3.63, 3.8) is 0 Å². The van der Waals surface area contributed by atoms with E-state index in [1.165, 1.54) is 0 Å². The fourth-order valence-corrected chi connectivity index (χ4v) is 4.43. The maximum atomic E-state index is 13.2. The van der Waals surface area contributed by atoms with E-state index in [1.54, 1.807) is 0 Å². The Bertz CT molecular complexity index is 1100. The van der Waals surface area contributed by atoms with Crippen molar-refractivity contribution in [2.75, 3.05) is 6.61 Å². The highest BCUT2D eigenvalue weighted by Crippen LogP contribution is 2.43. The van der Waals surface area contributed by atoms with Gasteiger partial charge in [-0.25, -0.2) is 4.79 Å². The third-order valence-corrected chi connectivity index (χ3v) is 5.98. The highest BCUT2D eigenvalue weighted by atomic mass is 16.5. The Balaban J connectivity index is 1.69. The van der Waals surface area contributed by atoms with Gasteiger partial charge in [0.25, 0.3) is 0 Å². The lowest BCUT2D eigenvalue weighted by Gasteiger charge is -2.34. The van der Waals surface area contributed by atoms with Gasteiger partial charge in [0.15, 0.2) is 5.78 Å². The smallest absolute Gasteiger partial charge is 0.336 e. The zero-order valence-electron chi connectivity index (χ0n) is 19.5. The largest absolute Gasteiger partial charge is 0.489 e. The van der Waals surface area contributed by atoms with E-state index in [4.69, 9.17) is 9.47 Å². The molecular formula is C28H31NO4. The summed E-state index contributed by atoms with van der Waals surface area (Å²) < 4.78 is 11.7. The van der Waals surface area contributed by atoms with E-state index < -0.39 is 5.92 Å². The molecule has 0 fully saturated rings. The molecule has 0 saturated heterocycles. The van der Waals surface area contributed by atoms with E-state index in [-0.39, 0.29) is 17.7 Å². The zero-order chi connectivity index (χ0) is 23.4. The first kappa shape index (κ1) is 22.8. The SMILES string of the molecule is CC1=C(C(=O)OCC(C)C)C(c2cccc(OCc3ccccc3)c2)C2=C(CCCC2=O)N1. The number of hydrogen-bond donors (Lipinski definition) is 1. The van der Waals surface area contributed by atoms with Crippen LogP contribution in [0.25, 0.3) is 0 Å². The second kappa shape index (κ2) is 10.1. The molecule has 0 saturated carbocycles. The molecule has 1 atom stereocenters. The lowest BCUT2D eigenvalue weighted by molar-refractivity contribution is -0.140. The van der Waals surface area contributed by atoms with Crippen LogP contribution in [0.4, 0.5) is 0 Å². The number of carbonyl (C=O) groups is 2. The van der Waals surface area contributed by atoms with Gasteiger partial charge in [-0.2, -0.15) is 0 Å². The van der Waals surface area contributed by atoms with Crippen molar-refractivity contribution in [2.24, 2.45) is 5.92 Å². The number of ketones is 1. The molecule has 0 aromatic heterocycles. The lowest BCUT2D eigenvalue weighted by atomic mass is 9.75. The summed E-state index contributed by atoms with van der Waals surface area (Å²) in [5, 5.41) is 3.33. The van der Waals surface area contributed by atoms with Crippen LogP contribution in [0.3, 0.4) is 0 Å². The predicted octanol–water partition coefficient (Wildman–Crippen LogP) is 5.43. The van der Waals surface area contributed by atoms with Crippen LogP contribution in [0, 0.1) is 5.92 Å². The molecule has 1 heterocycles. The van der Waals surface area contributed by atoms with Crippen molar-refractivity contribution in [2.45, 2.75) is 52.6 Å². The molecular weight excluding hydrogens is 414 g/mol. The summed E-state index contributed by atoms with van der Waals surface area (Å²) >= 11 is 0. The summed E-state index contributed by atoms with van der Waals surface area (Å²) in [5.74, 6) is 0.178. The van der Waals surface area contributed by atoms with Crippen molar-refractivity contribution >= 4 is 11.8 Å². The van der Waals surface area contributed by atoms with E-state index in [9.17, 15) is 9.59 Å². The normalized spacial score (nSPS) is 18.2. The van der Waals surface area contributed by atoms with Gasteiger partial charge < -0.3 is 14.8 Å². The number of esters is 1. The summed E-state index contributed by atoms with van der Waals surface area (Å²) in [6.07, 6.45) is 2.11. The first-order valence-electron chi connectivity index (χ1n) is 11.6. The first-order valence-corrected chi connectivity index (χ1v) is 11.6. The molecule has 5 nitrogen and oxygen atoms in total. The number of dihydropyridines is 1. The minimum absolute atomic E-state index is 0.0889. The highest BCUT2D eigenvalue weighted by molar-refractivity contribution is 6.03. The van der Waals surface area contributed by atoms with Gasteiger partial charge in [0.05, 0.1) is 12.2 Å². The van der Waals surface area contributed by atoms with E-state index in [0.29, 0.717) is 36.5 Å². The number of carbonyl (C=O) groups excluding carboxylic acids is 2. The fourth-order valence-electron chi connectivity index (χ4n) is 4.43. The molecule has 2 aromatic rings. The molecule has 1 aliphatic carbocycles. The Hall–Kier alpha value is -3.34. The molecule has 1 N–H and O–H groups in total. The molecule has 172 valence electrons. The second-order valence-corrected chi connectivity index (χ2v) is 9.10. The van der Waals surface area contributed by atoms with Crippen molar-refractivity contribution < 1.29 is 19.1 Å². The molecule has 5 heteroatoms. The van der Waals surface area contributed by atoms with Gasteiger partial charge in [-0.3, -0.25) is 4.79 Å². The predicted molar refractivity (Wildman–Crippen MR) is 127 cm³/mol. The molecule has 0 bridgehead atoms. The molecule has 4 rings (SSSR count). The van der Waals surface area contributed by atoms with Gasteiger partial charge in [-0.05, 0) is 48.9 Å². The Labute approximate surface area is 195 Å². The van der Waals surface area contributed by atoms with Crippen LogP contribution < -0.4 is 10.1 Å². The minimum atomic E-state index is -0.464. The van der Waals surface area contributed by atoms with E-state index in [1.807, 2.05) is 75.4 Å². The van der Waals surface area contributed by atoms with Crippen molar-refractivity contribution in [3.05, 3.63) is 88.3 Å². The number of ether oxygens (including phenoxy) is 2. The van der Waals surface area contributed by atoms with Crippen LogP contribution in [0.5, 0.6) is 5.75 Å². The average Bonchev–Trinajstić information content (AvgIpc) is 2.81. The van der Waals surface area contributed by atoms with E-state index in [2.05, 4.69) is 5.32 Å². The summed E-state index contributed by atoms with van der Waals surface area (Å²) in [6, 6.07) is 17.7. The minimum Gasteiger partial charge on any atom is -0.489 e. The number of allylic oxidation sites excluding steroid dienone is 3. The van der Waals surface area contributed by atoms with Gasteiger partial charge in [-0.1, -0.05) is 56.3 Å². The summed E-state index contributed by atoms with van der Waals surface area (Å²) in [7, 11) is 0. The Morgan fingerprint density at radius 1 is 1.09 bits per heavy atom. The summed E-state index contributed by atoms with van der Waals surface area (Å²) in [6.45, 7) is 6.68. The molecule has 2 aromatic carbocycles. The van der Waals surface area contributed by atoms with Gasteiger partial charge in [0.2, 0.25) is 0 Å². The Morgan fingerprint density at radius 2 is 1.88 bits per heavy atom. The Morgan fingerprint density at radius 3 is 2.64 bits per heavy atom. The number of hydrogen-bond acceptors (Lipinski definition) is 5. The van der Waals surface area contributed by atoms with Crippen LogP contribution in [0.1, 0.15) is 57.1 Å². The second-order valence-electron chi connectivity index (χ2n) is 9.10. The van der Waals surface area contributed by atoms with Gasteiger partial charge >= 0.3 is 5.97 Å². The number of Topliss-reactive ketones (excluding diaryl/α,β-unsaturated/α-hetero) is 1. The Kier molecular flexibility index (Phi) is 6.97. The van der Waals surface area contributed by atoms with Crippen LogP contribution in [-0.4, -0.2) is 18.4 Å². The van der Waals surface area contributed by atoms with Gasteiger partial charge in [-0.15, -0.1) is 0 Å². The number of benzene rings is 2. The third kappa shape index (κ3) is 5.19. The van der Waals surface area contributed by atoms with Gasteiger partial charge in [0, 0.05) is 29.3 Å². The number of nitrogens with one attached hydrogen (secondary N) is 1. The van der Waals surface area contributed by atoms with E-state index >= 15 is 0 Å². The molecule has 2 aliphatic rings. The van der Waals surface area contributed by atoms with Gasteiger partial charge in [0.1, 0.15) is 12.4 Å². The summed E-state index contributed by atoms with van der Waals surface area (Å²) in [5.41, 5.74) is 4.79. The van der Waals surface area contributed by atoms with Crippen molar-refractivity contribution in [3.8, 4) is 5.75 Å². The molecule has 0 amide bonds. The number of rotatable bonds is 7. The topological polar surface area (TPSA) is 64.6 Å². The lowest BCUT2D eigenvalue weighted by Crippen LogP contribution is -2.34. The quantitative estimate of drug-likeness (QED) is 0.576. The maximum Gasteiger partial charge on any atom is 0.336 e. The molecule has 1 aliphatic heterocycles. The first-order chi connectivity index (χ1) is 15.9. The van der Waals surface area contributed by atoms with Crippen LogP contribution in [0.15, 0.2) is 77.1 Å². The van der Waals surface area contributed by atoms with E-state index in [0.717, 1.165) is 35.4 Å². The standard InChI is InChI=1S/C28H31NO4/c1-18(2)16-33-28(31)25-19(3)29-23-13-8-14-24(30)27(23)26(25)21-11-7-12-22(15-21)32-17-20-9-5-4-6-10-20/h4-7,9-12,15,18,26,29H,8,13-14,16-17H2,1-3H3. The molecule has 0 radical (unpaired) electrons. The molecule has 33 heavy (non-hydrogen) atoms. The zero-order valence-corrected chi connectivity index (χ0v) is 19.5. The maximum absolute atomic E-state index is 13.2. The molecule has 1 unspecified atom stereocenters. The van der Waals surface area contributed by atoms with Crippen LogP contribution >= 0.6 is 0 Å². The highest BCUT2D eigenvalue weighted by Gasteiger charge is 2.39. The molecule has 0 spiro atoms. The monoisotopic (exact) mass is 445 g/mol. The average molecular weight is 446 g/mol. The fraction of sp³-hybridized carbons (Fsp3) is 0.357.